The molecule has 1 saturated carbocycles. The van der Waals surface area contributed by atoms with E-state index >= 15 is 4.39 Å². The number of esters is 1. The number of rotatable bonds is 11. The first-order chi connectivity index (χ1) is 19.3. The Morgan fingerprint density at radius 3 is 2.35 bits per heavy atom. The van der Waals surface area contributed by atoms with Gasteiger partial charge in [-0.3, -0.25) is 0 Å². The van der Waals surface area contributed by atoms with Crippen LogP contribution in [0.1, 0.15) is 73.7 Å². The van der Waals surface area contributed by atoms with Crippen molar-refractivity contribution in [1.29, 1.82) is 0 Å². The van der Waals surface area contributed by atoms with Crippen LogP contribution in [0.25, 0.3) is 11.1 Å². The molecule has 0 aliphatic heterocycles. The Morgan fingerprint density at radius 1 is 1.00 bits per heavy atom. The summed E-state index contributed by atoms with van der Waals surface area (Å²) in [7, 11) is 0. The van der Waals surface area contributed by atoms with Gasteiger partial charge < -0.3 is 14.6 Å². The lowest BCUT2D eigenvalue weighted by Gasteiger charge is -2.32. The average Bonchev–Trinajstić information content (AvgIpc) is 2.95. The highest BCUT2D eigenvalue weighted by atomic mass is 19.2. The standard InChI is InChI=1S/C33H35F3O4/c1-3-5-19-39-25-15-16-26(29(34)20-25)21-11-13-24(14-12-21)40-33(38)28-18-17-27(31(35)32(28)36)22-7-9-23(10-8-22)30(37)6-4-2/h3,11-18,20,22-23,30,37H,1,4-10,19H2,2H3. The average molecular weight is 553 g/mol. The van der Waals surface area contributed by atoms with E-state index in [0.29, 0.717) is 42.7 Å². The fourth-order valence-corrected chi connectivity index (χ4v) is 5.33. The smallest absolute Gasteiger partial charge is 0.346 e. The van der Waals surface area contributed by atoms with Gasteiger partial charge in [-0.2, -0.15) is 0 Å². The van der Waals surface area contributed by atoms with E-state index in [1.165, 1.54) is 30.3 Å². The topological polar surface area (TPSA) is 55.8 Å². The molecule has 1 N–H and O–H groups in total. The maximum atomic E-state index is 15.0. The zero-order valence-electron chi connectivity index (χ0n) is 22.7. The van der Waals surface area contributed by atoms with Crippen molar-refractivity contribution in [2.24, 2.45) is 5.92 Å². The lowest BCUT2D eigenvalue weighted by molar-refractivity contribution is 0.0717. The predicted molar refractivity (Wildman–Crippen MR) is 149 cm³/mol. The Kier molecular flexibility index (Phi) is 10.0. The summed E-state index contributed by atoms with van der Waals surface area (Å²) >= 11 is 0. The molecule has 1 unspecified atom stereocenters. The molecule has 0 heterocycles. The van der Waals surface area contributed by atoms with E-state index in [0.717, 1.165) is 25.7 Å². The van der Waals surface area contributed by atoms with Crippen molar-refractivity contribution in [2.45, 2.75) is 63.9 Å². The van der Waals surface area contributed by atoms with Crippen LogP contribution in [0.5, 0.6) is 11.5 Å². The Bertz CT molecular complexity index is 1310. The fourth-order valence-electron chi connectivity index (χ4n) is 5.33. The molecule has 1 atom stereocenters. The van der Waals surface area contributed by atoms with E-state index < -0.39 is 29.0 Å². The molecular weight excluding hydrogens is 517 g/mol. The summed E-state index contributed by atoms with van der Waals surface area (Å²) in [6, 6.07) is 13.4. The second kappa shape index (κ2) is 13.7. The first kappa shape index (κ1) is 29.4. The van der Waals surface area contributed by atoms with Crippen molar-refractivity contribution in [3.8, 4) is 22.6 Å². The van der Waals surface area contributed by atoms with Gasteiger partial charge in [-0.15, -0.1) is 6.58 Å². The number of aliphatic hydroxyl groups is 1. The summed E-state index contributed by atoms with van der Waals surface area (Å²) in [5.74, 6) is -3.20. The van der Waals surface area contributed by atoms with E-state index in [1.54, 1.807) is 30.3 Å². The Balaban J connectivity index is 1.39. The normalized spacial score (nSPS) is 17.7. The van der Waals surface area contributed by atoms with Crippen LogP contribution in [0.15, 0.2) is 67.3 Å². The van der Waals surface area contributed by atoms with Gasteiger partial charge in [0.25, 0.3) is 0 Å². The summed E-state index contributed by atoms with van der Waals surface area (Å²) < 4.78 is 55.4. The van der Waals surface area contributed by atoms with Crippen LogP contribution in [0.3, 0.4) is 0 Å². The largest absolute Gasteiger partial charge is 0.493 e. The minimum atomic E-state index is -1.23. The molecule has 4 rings (SSSR count). The molecule has 0 bridgehead atoms. The maximum absolute atomic E-state index is 15.0. The summed E-state index contributed by atoms with van der Waals surface area (Å²) in [5.41, 5.74) is 0.650. The number of hydrogen-bond donors (Lipinski definition) is 1. The molecule has 1 aliphatic carbocycles. The molecule has 3 aromatic rings. The molecule has 0 aromatic heterocycles. The summed E-state index contributed by atoms with van der Waals surface area (Å²) in [4.78, 5) is 12.7. The number of benzene rings is 3. The van der Waals surface area contributed by atoms with Gasteiger partial charge in [0.1, 0.15) is 17.3 Å². The Hall–Kier alpha value is -3.58. The van der Waals surface area contributed by atoms with Crippen molar-refractivity contribution in [1.82, 2.24) is 0 Å². The molecular formula is C33H35F3O4. The van der Waals surface area contributed by atoms with E-state index in [1.807, 2.05) is 6.92 Å². The minimum absolute atomic E-state index is 0.117. The first-order valence-electron chi connectivity index (χ1n) is 13.8. The minimum Gasteiger partial charge on any atom is -0.493 e. The van der Waals surface area contributed by atoms with Crippen LogP contribution in [0.4, 0.5) is 13.2 Å². The molecule has 0 saturated heterocycles. The van der Waals surface area contributed by atoms with Crippen LogP contribution in [-0.2, 0) is 0 Å². The number of hydrogen-bond acceptors (Lipinski definition) is 4. The van der Waals surface area contributed by atoms with Gasteiger partial charge in [-0.25, -0.2) is 18.0 Å². The van der Waals surface area contributed by atoms with Crippen LogP contribution in [0, 0.1) is 23.4 Å². The third-order valence-corrected chi connectivity index (χ3v) is 7.58. The van der Waals surface area contributed by atoms with Crippen LogP contribution in [0.2, 0.25) is 0 Å². The third-order valence-electron chi connectivity index (χ3n) is 7.58. The highest BCUT2D eigenvalue weighted by molar-refractivity contribution is 5.91. The summed E-state index contributed by atoms with van der Waals surface area (Å²) in [6.07, 6.45) is 6.48. The van der Waals surface area contributed by atoms with Gasteiger partial charge in [0.15, 0.2) is 11.6 Å². The quantitative estimate of drug-likeness (QED) is 0.112. The highest BCUT2D eigenvalue weighted by Crippen LogP contribution is 2.39. The molecule has 1 fully saturated rings. The van der Waals surface area contributed by atoms with Crippen molar-refractivity contribution < 1.29 is 32.5 Å². The van der Waals surface area contributed by atoms with E-state index in [2.05, 4.69) is 6.58 Å². The zero-order chi connectivity index (χ0) is 28.6. The van der Waals surface area contributed by atoms with Crippen molar-refractivity contribution in [2.75, 3.05) is 6.61 Å². The van der Waals surface area contributed by atoms with Gasteiger partial charge in [-0.05, 0) is 91.8 Å². The van der Waals surface area contributed by atoms with Gasteiger partial charge >= 0.3 is 5.97 Å². The van der Waals surface area contributed by atoms with Crippen LogP contribution in [-0.4, -0.2) is 23.8 Å². The van der Waals surface area contributed by atoms with Gasteiger partial charge in [0.05, 0.1) is 18.3 Å². The zero-order valence-corrected chi connectivity index (χ0v) is 22.7. The van der Waals surface area contributed by atoms with Crippen molar-refractivity contribution >= 4 is 5.97 Å². The van der Waals surface area contributed by atoms with Crippen LogP contribution >= 0.6 is 0 Å². The molecule has 40 heavy (non-hydrogen) atoms. The van der Waals surface area contributed by atoms with E-state index in [4.69, 9.17) is 9.47 Å². The van der Waals surface area contributed by atoms with Crippen molar-refractivity contribution in [3.63, 3.8) is 0 Å². The Morgan fingerprint density at radius 2 is 1.70 bits per heavy atom. The maximum Gasteiger partial charge on any atom is 0.346 e. The van der Waals surface area contributed by atoms with E-state index in [9.17, 15) is 18.7 Å². The van der Waals surface area contributed by atoms with Crippen molar-refractivity contribution in [3.05, 3.63) is 95.8 Å². The molecule has 3 aromatic carbocycles. The molecule has 0 radical (unpaired) electrons. The third kappa shape index (κ3) is 6.94. The molecule has 7 heteroatoms. The number of aliphatic hydroxyl groups excluding tert-OH is 1. The summed E-state index contributed by atoms with van der Waals surface area (Å²) in [5, 5.41) is 10.3. The second-order valence-corrected chi connectivity index (χ2v) is 10.3. The fraction of sp³-hybridized carbons (Fsp3) is 0.364. The molecule has 1 aliphatic rings. The second-order valence-electron chi connectivity index (χ2n) is 10.3. The summed E-state index contributed by atoms with van der Waals surface area (Å²) in [6.45, 7) is 6.05. The molecule has 212 valence electrons. The number of ether oxygens (including phenoxy) is 2. The van der Waals surface area contributed by atoms with Gasteiger partial charge in [-0.1, -0.05) is 37.6 Å². The predicted octanol–water partition coefficient (Wildman–Crippen LogP) is 8.38. The number of carbonyl (C=O) groups excluding carboxylic acids is 1. The lowest BCUT2D eigenvalue weighted by atomic mass is 9.76. The monoisotopic (exact) mass is 552 g/mol. The molecule has 0 amide bonds. The van der Waals surface area contributed by atoms with Crippen LogP contribution < -0.4 is 9.47 Å². The lowest BCUT2D eigenvalue weighted by Crippen LogP contribution is -2.25. The molecule has 4 nitrogen and oxygen atoms in total. The Labute approximate surface area is 233 Å². The SMILES string of the molecule is C=CCCOc1ccc(-c2ccc(OC(=O)c3ccc(C4CCC(C(O)CCC)CC4)c(F)c3F)cc2)c(F)c1. The van der Waals surface area contributed by atoms with E-state index in [-0.39, 0.29) is 29.3 Å². The highest BCUT2D eigenvalue weighted by Gasteiger charge is 2.30. The number of carbonyl (C=O) groups is 1. The molecule has 0 spiro atoms. The number of halogens is 3. The van der Waals surface area contributed by atoms with Gasteiger partial charge in [0, 0.05) is 11.6 Å². The first-order valence-corrected chi connectivity index (χ1v) is 13.8. The van der Waals surface area contributed by atoms with Gasteiger partial charge in [0.2, 0.25) is 0 Å².